The van der Waals surface area contributed by atoms with Gasteiger partial charge in [0.25, 0.3) is 6.43 Å². The Morgan fingerprint density at radius 1 is 1.30 bits per heavy atom. The van der Waals surface area contributed by atoms with Crippen molar-refractivity contribution in [3.8, 4) is 0 Å². The van der Waals surface area contributed by atoms with Crippen LogP contribution in [0.5, 0.6) is 0 Å². The Hall–Kier alpha value is -1.99. The molecule has 0 saturated carbocycles. The molecule has 2 heterocycles. The predicted octanol–water partition coefficient (Wildman–Crippen LogP) is 2.23. The number of aryl methyl sites for hydroxylation is 2. The van der Waals surface area contributed by atoms with Crippen molar-refractivity contribution in [3.05, 3.63) is 29.7 Å². The maximum absolute atomic E-state index is 12.2. The van der Waals surface area contributed by atoms with Gasteiger partial charge in [0.05, 0.1) is 12.7 Å². The Morgan fingerprint density at radius 3 is 2.80 bits per heavy atom. The van der Waals surface area contributed by atoms with Gasteiger partial charge in [-0.25, -0.2) is 13.2 Å². The van der Waals surface area contributed by atoms with Gasteiger partial charge < -0.3 is 5.32 Å². The van der Waals surface area contributed by atoms with E-state index in [0.29, 0.717) is 12.4 Å². The predicted molar refractivity (Wildman–Crippen MR) is 68.5 cm³/mol. The van der Waals surface area contributed by atoms with Gasteiger partial charge in [-0.1, -0.05) is 0 Å². The van der Waals surface area contributed by atoms with Gasteiger partial charge in [-0.05, 0) is 6.92 Å². The fourth-order valence-corrected chi connectivity index (χ4v) is 1.82. The molecule has 0 saturated heterocycles. The maximum atomic E-state index is 12.2. The van der Waals surface area contributed by atoms with Crippen LogP contribution in [0.2, 0.25) is 0 Å². The zero-order chi connectivity index (χ0) is 14.5. The molecule has 8 heteroatoms. The van der Waals surface area contributed by atoms with Crippen molar-refractivity contribution < 1.29 is 13.2 Å². The molecule has 2 aromatic rings. The number of rotatable bonds is 7. The third kappa shape index (κ3) is 3.75. The van der Waals surface area contributed by atoms with Crippen molar-refractivity contribution in [2.24, 2.45) is 0 Å². The first-order chi connectivity index (χ1) is 9.58. The number of nitrogens with one attached hydrogen (secondary N) is 1. The molecule has 0 aliphatic heterocycles. The molecule has 0 spiro atoms. The number of aromatic nitrogens is 4. The minimum absolute atomic E-state index is 0.217. The van der Waals surface area contributed by atoms with Crippen LogP contribution >= 0.6 is 0 Å². The summed E-state index contributed by atoms with van der Waals surface area (Å²) in [6.45, 7) is 1.63. The Morgan fingerprint density at radius 2 is 2.10 bits per heavy atom. The van der Waals surface area contributed by atoms with Gasteiger partial charge in [-0.15, -0.1) is 0 Å². The normalized spacial score (nSPS) is 11.2. The first kappa shape index (κ1) is 14.4. The van der Waals surface area contributed by atoms with Gasteiger partial charge in [-0.2, -0.15) is 10.2 Å². The average Bonchev–Trinajstić information content (AvgIpc) is 2.94. The molecule has 0 amide bonds. The second kappa shape index (κ2) is 6.44. The highest BCUT2D eigenvalue weighted by atomic mass is 19.3. The summed E-state index contributed by atoms with van der Waals surface area (Å²) in [6, 6.07) is 0. The highest BCUT2D eigenvalue weighted by molar-refractivity contribution is 5.42. The molecule has 2 aromatic heterocycles. The van der Waals surface area contributed by atoms with Crippen molar-refractivity contribution in [1.82, 2.24) is 19.6 Å². The SMILES string of the molecule is Cc1cn(CCF)nc1NCc1cnn(CC(F)F)c1. The molecule has 0 aliphatic rings. The molecule has 2 rings (SSSR count). The second-order valence-electron chi connectivity index (χ2n) is 4.43. The highest BCUT2D eigenvalue weighted by Crippen LogP contribution is 2.13. The first-order valence-corrected chi connectivity index (χ1v) is 6.22. The number of halogens is 3. The number of nitrogens with zero attached hydrogens (tertiary/aromatic N) is 4. The molecule has 0 atom stereocenters. The molecule has 20 heavy (non-hydrogen) atoms. The smallest absolute Gasteiger partial charge is 0.257 e. The van der Waals surface area contributed by atoms with Gasteiger partial charge in [0.15, 0.2) is 5.82 Å². The summed E-state index contributed by atoms with van der Waals surface area (Å²) in [6.07, 6.45) is 2.42. The van der Waals surface area contributed by atoms with Crippen molar-refractivity contribution in [2.75, 3.05) is 12.0 Å². The minimum Gasteiger partial charge on any atom is -0.364 e. The summed E-state index contributed by atoms with van der Waals surface area (Å²) in [5, 5.41) is 11.1. The Bertz CT molecular complexity index is 549. The molecule has 1 N–H and O–H groups in total. The molecule has 0 unspecified atom stereocenters. The molecular weight excluding hydrogens is 271 g/mol. The van der Waals surface area contributed by atoms with Crippen molar-refractivity contribution in [1.29, 1.82) is 0 Å². The topological polar surface area (TPSA) is 47.7 Å². The third-order valence-electron chi connectivity index (χ3n) is 2.73. The van der Waals surface area contributed by atoms with E-state index in [0.717, 1.165) is 11.1 Å². The molecule has 0 fully saturated rings. The fraction of sp³-hybridized carbons (Fsp3) is 0.500. The van der Waals surface area contributed by atoms with Crippen molar-refractivity contribution in [2.45, 2.75) is 33.0 Å². The summed E-state index contributed by atoms with van der Waals surface area (Å²) in [4.78, 5) is 0. The van der Waals surface area contributed by atoms with Gasteiger partial charge in [-0.3, -0.25) is 9.36 Å². The van der Waals surface area contributed by atoms with Crippen molar-refractivity contribution >= 4 is 5.82 Å². The van der Waals surface area contributed by atoms with E-state index in [4.69, 9.17) is 0 Å². The number of alkyl halides is 3. The summed E-state index contributed by atoms with van der Waals surface area (Å²) in [5.41, 5.74) is 1.68. The van der Waals surface area contributed by atoms with E-state index < -0.39 is 19.6 Å². The standard InChI is InChI=1S/C12H16F3N5/c1-9-6-19(3-2-13)18-12(9)16-4-10-5-17-20(7-10)8-11(14)15/h5-7,11H,2-4,8H2,1H3,(H,16,18). The van der Waals surface area contributed by atoms with E-state index in [1.54, 1.807) is 12.4 Å². The first-order valence-electron chi connectivity index (χ1n) is 6.22. The molecular formula is C12H16F3N5. The fourth-order valence-electron chi connectivity index (χ4n) is 1.82. The van der Waals surface area contributed by atoms with E-state index in [2.05, 4.69) is 15.5 Å². The van der Waals surface area contributed by atoms with Crippen molar-refractivity contribution in [3.63, 3.8) is 0 Å². The lowest BCUT2D eigenvalue weighted by atomic mass is 10.3. The van der Waals surface area contributed by atoms with E-state index in [1.165, 1.54) is 15.6 Å². The molecule has 110 valence electrons. The minimum atomic E-state index is -2.42. The van der Waals surface area contributed by atoms with Crippen LogP contribution in [0.1, 0.15) is 11.1 Å². The highest BCUT2D eigenvalue weighted by Gasteiger charge is 2.07. The van der Waals surface area contributed by atoms with E-state index in [9.17, 15) is 13.2 Å². The summed E-state index contributed by atoms with van der Waals surface area (Å²) in [5.74, 6) is 0.653. The second-order valence-corrected chi connectivity index (χ2v) is 4.43. The molecule has 0 aromatic carbocycles. The quantitative estimate of drug-likeness (QED) is 0.849. The third-order valence-corrected chi connectivity index (χ3v) is 2.73. The Kier molecular flexibility index (Phi) is 4.65. The van der Waals surface area contributed by atoms with Crippen LogP contribution in [0.25, 0.3) is 0 Å². The van der Waals surface area contributed by atoms with Gasteiger partial charge in [0.1, 0.15) is 13.2 Å². The van der Waals surface area contributed by atoms with Crippen LogP contribution in [0.15, 0.2) is 18.6 Å². The van der Waals surface area contributed by atoms with Gasteiger partial charge in [0, 0.05) is 30.1 Å². The number of anilines is 1. The summed E-state index contributed by atoms with van der Waals surface area (Å²) in [7, 11) is 0. The lowest BCUT2D eigenvalue weighted by Crippen LogP contribution is -2.06. The van der Waals surface area contributed by atoms with Crippen LogP contribution < -0.4 is 5.32 Å². The average molecular weight is 287 g/mol. The lowest BCUT2D eigenvalue weighted by Gasteiger charge is -2.02. The van der Waals surface area contributed by atoms with Gasteiger partial charge in [0.2, 0.25) is 0 Å². The summed E-state index contributed by atoms with van der Waals surface area (Å²) >= 11 is 0. The van der Waals surface area contributed by atoms with Gasteiger partial charge >= 0.3 is 0 Å². The van der Waals surface area contributed by atoms with E-state index in [1.807, 2.05) is 6.92 Å². The van der Waals surface area contributed by atoms with Crippen LogP contribution in [0.4, 0.5) is 19.0 Å². The van der Waals surface area contributed by atoms with Crippen LogP contribution in [0.3, 0.4) is 0 Å². The molecule has 0 radical (unpaired) electrons. The lowest BCUT2D eigenvalue weighted by molar-refractivity contribution is 0.122. The zero-order valence-electron chi connectivity index (χ0n) is 11.1. The van der Waals surface area contributed by atoms with E-state index >= 15 is 0 Å². The number of hydrogen-bond acceptors (Lipinski definition) is 3. The van der Waals surface area contributed by atoms with Crippen LogP contribution in [-0.2, 0) is 19.6 Å². The maximum Gasteiger partial charge on any atom is 0.257 e. The zero-order valence-corrected chi connectivity index (χ0v) is 11.1. The van der Waals surface area contributed by atoms with Crippen LogP contribution in [0, 0.1) is 6.92 Å². The molecule has 5 nitrogen and oxygen atoms in total. The monoisotopic (exact) mass is 287 g/mol. The number of hydrogen-bond donors (Lipinski definition) is 1. The molecule has 0 aliphatic carbocycles. The summed E-state index contributed by atoms with van der Waals surface area (Å²) < 4.78 is 39.3. The van der Waals surface area contributed by atoms with Crippen LogP contribution in [-0.4, -0.2) is 32.7 Å². The largest absolute Gasteiger partial charge is 0.364 e. The Balaban J connectivity index is 1.93. The van der Waals surface area contributed by atoms with E-state index in [-0.39, 0.29) is 6.54 Å². The molecule has 0 bridgehead atoms. The Labute approximate surface area is 114 Å².